The summed E-state index contributed by atoms with van der Waals surface area (Å²) < 4.78 is 0. The summed E-state index contributed by atoms with van der Waals surface area (Å²) in [6.07, 6.45) is 0. The van der Waals surface area contributed by atoms with Gasteiger partial charge in [-0.2, -0.15) is 0 Å². The number of anilines is 3. The third-order valence-electron chi connectivity index (χ3n) is 4.88. The molecule has 5 aromatic rings. The summed E-state index contributed by atoms with van der Waals surface area (Å²) >= 11 is 0. The fourth-order valence-corrected chi connectivity index (χ4v) is 3.59. The summed E-state index contributed by atoms with van der Waals surface area (Å²) in [5.41, 5.74) is 3.38. The molecule has 0 bridgehead atoms. The summed E-state index contributed by atoms with van der Waals surface area (Å²) in [7, 11) is 0. The van der Waals surface area contributed by atoms with Crippen LogP contribution in [0, 0.1) is 6.07 Å². The van der Waals surface area contributed by atoms with E-state index in [9.17, 15) is 0 Å². The highest BCUT2D eigenvalue weighted by molar-refractivity contribution is 5.99. The van der Waals surface area contributed by atoms with Gasteiger partial charge in [-0.1, -0.05) is 60.7 Å². The van der Waals surface area contributed by atoms with Crippen molar-refractivity contribution in [2.75, 3.05) is 4.90 Å². The Kier molecular flexibility index (Phi) is 3.84. The molecule has 0 saturated carbocycles. The van der Waals surface area contributed by atoms with Crippen molar-refractivity contribution >= 4 is 38.6 Å². The van der Waals surface area contributed by atoms with Crippen molar-refractivity contribution in [1.82, 2.24) is 0 Å². The molecule has 127 valence electrons. The van der Waals surface area contributed by atoms with E-state index >= 15 is 0 Å². The van der Waals surface area contributed by atoms with Crippen LogP contribution in [0.4, 0.5) is 17.1 Å². The fourth-order valence-electron chi connectivity index (χ4n) is 3.59. The minimum absolute atomic E-state index is 1.11. The molecule has 0 N–H and O–H groups in total. The molecule has 0 atom stereocenters. The first kappa shape index (κ1) is 15.7. The standard InChI is InChI=1S/C26H18N/c1-3-11-24(12-4-1)27(25-13-5-2-6-14-25)26-16-15-22-17-20-9-7-8-10-21(20)18-23(22)19-26/h1-14,16-19H. The Labute approximate surface area is 159 Å². The molecule has 1 radical (unpaired) electrons. The molecule has 0 spiro atoms. The molecule has 5 rings (SSSR count). The molecular formula is C26H18N. The maximum Gasteiger partial charge on any atom is 0.0474 e. The van der Waals surface area contributed by atoms with Gasteiger partial charge in [0.05, 0.1) is 0 Å². The maximum atomic E-state index is 3.49. The van der Waals surface area contributed by atoms with E-state index in [-0.39, 0.29) is 0 Å². The lowest BCUT2D eigenvalue weighted by Crippen LogP contribution is -2.09. The molecule has 0 aliphatic rings. The summed E-state index contributed by atoms with van der Waals surface area (Å²) in [6.45, 7) is 0. The van der Waals surface area contributed by atoms with Crippen molar-refractivity contribution in [3.63, 3.8) is 0 Å². The largest absolute Gasteiger partial charge is 0.310 e. The van der Waals surface area contributed by atoms with Crippen LogP contribution in [0.1, 0.15) is 0 Å². The smallest absolute Gasteiger partial charge is 0.0474 e. The monoisotopic (exact) mass is 344 g/mol. The molecule has 0 fully saturated rings. The normalized spacial score (nSPS) is 11.0. The maximum absolute atomic E-state index is 3.49. The Morgan fingerprint density at radius 1 is 0.481 bits per heavy atom. The van der Waals surface area contributed by atoms with Crippen LogP contribution in [0.2, 0.25) is 0 Å². The number of hydrogen-bond acceptors (Lipinski definition) is 1. The van der Waals surface area contributed by atoms with Crippen LogP contribution in [0.25, 0.3) is 21.5 Å². The van der Waals surface area contributed by atoms with Gasteiger partial charge in [-0.15, -0.1) is 0 Å². The van der Waals surface area contributed by atoms with Gasteiger partial charge in [-0.05, 0) is 76.1 Å². The van der Waals surface area contributed by atoms with Crippen LogP contribution >= 0.6 is 0 Å². The van der Waals surface area contributed by atoms with Gasteiger partial charge >= 0.3 is 0 Å². The van der Waals surface area contributed by atoms with Crippen LogP contribution in [0.5, 0.6) is 0 Å². The molecule has 1 nitrogen and oxygen atoms in total. The second-order valence-electron chi connectivity index (χ2n) is 6.65. The highest BCUT2D eigenvalue weighted by atomic mass is 15.1. The zero-order chi connectivity index (χ0) is 18.1. The van der Waals surface area contributed by atoms with Crippen molar-refractivity contribution in [3.8, 4) is 0 Å². The van der Waals surface area contributed by atoms with Crippen molar-refractivity contribution < 1.29 is 0 Å². The van der Waals surface area contributed by atoms with Gasteiger partial charge in [-0.3, -0.25) is 0 Å². The van der Waals surface area contributed by atoms with Gasteiger partial charge < -0.3 is 4.90 Å². The first-order valence-electron chi connectivity index (χ1n) is 9.13. The molecule has 0 aliphatic carbocycles. The lowest BCUT2D eigenvalue weighted by molar-refractivity contribution is 1.29. The first-order valence-corrected chi connectivity index (χ1v) is 9.13. The average molecular weight is 344 g/mol. The summed E-state index contributed by atoms with van der Waals surface area (Å²) in [4.78, 5) is 2.27. The van der Waals surface area contributed by atoms with Crippen LogP contribution < -0.4 is 4.90 Å². The quantitative estimate of drug-likeness (QED) is 0.311. The Bertz CT molecular complexity index is 1170. The molecular weight excluding hydrogens is 326 g/mol. The predicted octanol–water partition coefficient (Wildman–Crippen LogP) is 7.26. The first-order chi connectivity index (χ1) is 13.4. The zero-order valence-corrected chi connectivity index (χ0v) is 14.8. The second kappa shape index (κ2) is 6.62. The molecule has 1 heteroatoms. The summed E-state index contributed by atoms with van der Waals surface area (Å²) in [5.74, 6) is 0. The number of benzene rings is 5. The van der Waals surface area contributed by atoms with Crippen molar-refractivity contribution in [1.29, 1.82) is 0 Å². The van der Waals surface area contributed by atoms with Gasteiger partial charge in [-0.25, -0.2) is 0 Å². The third kappa shape index (κ3) is 2.94. The van der Waals surface area contributed by atoms with Crippen LogP contribution in [-0.2, 0) is 0 Å². The average Bonchev–Trinajstić information content (AvgIpc) is 2.74. The van der Waals surface area contributed by atoms with Crippen molar-refractivity contribution in [2.45, 2.75) is 0 Å². The molecule has 0 aromatic heterocycles. The predicted molar refractivity (Wildman–Crippen MR) is 115 cm³/mol. The van der Waals surface area contributed by atoms with Gasteiger partial charge in [0.1, 0.15) is 0 Å². The Morgan fingerprint density at radius 2 is 1.04 bits per heavy atom. The highest BCUT2D eigenvalue weighted by Crippen LogP contribution is 2.36. The van der Waals surface area contributed by atoms with Crippen molar-refractivity contribution in [2.24, 2.45) is 0 Å². The summed E-state index contributed by atoms with van der Waals surface area (Å²) in [6, 6.07) is 41.7. The van der Waals surface area contributed by atoms with E-state index in [4.69, 9.17) is 0 Å². The lowest BCUT2D eigenvalue weighted by atomic mass is 10.0. The van der Waals surface area contributed by atoms with E-state index in [1.54, 1.807) is 0 Å². The van der Waals surface area contributed by atoms with Crippen LogP contribution in [0.3, 0.4) is 0 Å². The number of rotatable bonds is 3. The molecule has 0 amide bonds. The number of para-hydroxylation sites is 2. The highest BCUT2D eigenvalue weighted by Gasteiger charge is 2.12. The third-order valence-corrected chi connectivity index (χ3v) is 4.88. The molecule has 0 heterocycles. The van der Waals surface area contributed by atoms with Crippen LogP contribution in [-0.4, -0.2) is 0 Å². The lowest BCUT2D eigenvalue weighted by Gasteiger charge is -2.25. The Balaban J connectivity index is 1.71. The van der Waals surface area contributed by atoms with Crippen LogP contribution in [0.15, 0.2) is 109 Å². The Morgan fingerprint density at radius 3 is 1.67 bits per heavy atom. The molecule has 5 aromatic carbocycles. The van der Waals surface area contributed by atoms with Gasteiger partial charge in [0, 0.05) is 17.1 Å². The zero-order valence-electron chi connectivity index (χ0n) is 14.8. The van der Waals surface area contributed by atoms with E-state index < -0.39 is 0 Å². The summed E-state index contributed by atoms with van der Waals surface area (Å²) in [5, 5.41) is 4.83. The minimum Gasteiger partial charge on any atom is -0.310 e. The van der Waals surface area contributed by atoms with Crippen molar-refractivity contribution in [3.05, 3.63) is 115 Å². The van der Waals surface area contributed by atoms with Gasteiger partial charge in [0.15, 0.2) is 0 Å². The second-order valence-corrected chi connectivity index (χ2v) is 6.65. The van der Waals surface area contributed by atoms with E-state index in [0.29, 0.717) is 0 Å². The number of fused-ring (bicyclic) bond motifs is 2. The van der Waals surface area contributed by atoms with Gasteiger partial charge in [0.2, 0.25) is 0 Å². The number of hydrogen-bond donors (Lipinski definition) is 0. The SMILES string of the molecule is [c]1cc(N(c2ccccc2)c2ccccc2)cc2cc3ccccc3cc12. The molecule has 27 heavy (non-hydrogen) atoms. The van der Waals surface area contributed by atoms with E-state index in [1.807, 2.05) is 12.1 Å². The number of nitrogens with zero attached hydrogens (tertiary/aromatic N) is 1. The van der Waals surface area contributed by atoms with Gasteiger partial charge in [0.25, 0.3) is 0 Å². The molecule has 0 aliphatic heterocycles. The molecule has 0 unspecified atom stereocenters. The molecule has 0 saturated heterocycles. The fraction of sp³-hybridized carbons (Fsp3) is 0. The van der Waals surface area contributed by atoms with E-state index in [1.165, 1.54) is 16.2 Å². The van der Waals surface area contributed by atoms with E-state index in [2.05, 4.69) is 108 Å². The minimum atomic E-state index is 1.11. The van der Waals surface area contributed by atoms with E-state index in [0.717, 1.165) is 22.4 Å². The Hall–Kier alpha value is -3.58. The topological polar surface area (TPSA) is 3.24 Å².